The van der Waals surface area contributed by atoms with Crippen LogP contribution in [0.5, 0.6) is 0 Å². The number of rotatable bonds is 3. The summed E-state index contributed by atoms with van der Waals surface area (Å²) in [5.74, 6) is 0.743. The number of carbonyl (C=O) groups excluding carboxylic acids is 2. The largest absolute Gasteiger partial charge is 0.343 e. The van der Waals surface area contributed by atoms with Gasteiger partial charge < -0.3 is 15.5 Å². The molecule has 0 aromatic carbocycles. The quantitative estimate of drug-likeness (QED) is 0.838. The molecule has 0 aromatic rings. The summed E-state index contributed by atoms with van der Waals surface area (Å²) in [6.45, 7) is 7.56. The van der Waals surface area contributed by atoms with E-state index in [0.717, 1.165) is 25.7 Å². The van der Waals surface area contributed by atoms with Crippen LogP contribution in [0.2, 0.25) is 0 Å². The lowest BCUT2D eigenvalue weighted by atomic mass is 9.87. The van der Waals surface area contributed by atoms with E-state index in [1.54, 1.807) is 4.90 Å². The molecule has 6 nitrogen and oxygen atoms in total. The van der Waals surface area contributed by atoms with E-state index in [9.17, 15) is 14.9 Å². The summed E-state index contributed by atoms with van der Waals surface area (Å²) in [6.07, 6.45) is 3.91. The zero-order valence-corrected chi connectivity index (χ0v) is 15.6. The SMILES string of the molecule is CC(C)(C)CC(=O)N1CCC(C(N)C(=O)N2[C@H](C#N)C[C@@H]3C[C@@H]32)CC1. The fraction of sp³-hybridized carbons (Fsp3) is 0.842. The summed E-state index contributed by atoms with van der Waals surface area (Å²) in [5, 5.41) is 9.28. The average molecular weight is 346 g/mol. The van der Waals surface area contributed by atoms with Gasteiger partial charge in [-0.25, -0.2) is 0 Å². The molecule has 25 heavy (non-hydrogen) atoms. The Balaban J connectivity index is 1.53. The molecule has 0 aromatic heterocycles. The van der Waals surface area contributed by atoms with Gasteiger partial charge in [0.15, 0.2) is 0 Å². The number of hydrogen-bond donors (Lipinski definition) is 1. The molecule has 2 amide bonds. The van der Waals surface area contributed by atoms with Gasteiger partial charge >= 0.3 is 0 Å². The Morgan fingerprint density at radius 3 is 2.44 bits per heavy atom. The summed E-state index contributed by atoms with van der Waals surface area (Å²) in [5.41, 5.74) is 6.28. The van der Waals surface area contributed by atoms with E-state index in [2.05, 4.69) is 26.8 Å². The first-order valence-corrected chi connectivity index (χ1v) is 9.46. The smallest absolute Gasteiger partial charge is 0.241 e. The van der Waals surface area contributed by atoms with Crippen LogP contribution in [0, 0.1) is 28.6 Å². The van der Waals surface area contributed by atoms with E-state index in [-0.39, 0.29) is 35.2 Å². The third kappa shape index (κ3) is 3.82. The van der Waals surface area contributed by atoms with Crippen LogP contribution in [-0.2, 0) is 9.59 Å². The number of nitrogens with two attached hydrogens (primary N) is 1. The van der Waals surface area contributed by atoms with E-state index < -0.39 is 6.04 Å². The number of carbonyl (C=O) groups is 2. The summed E-state index contributed by atoms with van der Waals surface area (Å²) < 4.78 is 0. The third-order valence-electron chi connectivity index (χ3n) is 5.87. The molecule has 1 unspecified atom stereocenters. The van der Waals surface area contributed by atoms with Gasteiger partial charge in [-0.15, -0.1) is 0 Å². The van der Waals surface area contributed by atoms with Crippen LogP contribution in [0.25, 0.3) is 0 Å². The molecule has 3 fully saturated rings. The Morgan fingerprint density at radius 2 is 1.88 bits per heavy atom. The second kappa shape index (κ2) is 6.60. The second-order valence-corrected chi connectivity index (χ2v) is 9.17. The van der Waals surface area contributed by atoms with E-state index >= 15 is 0 Å². The first-order valence-electron chi connectivity index (χ1n) is 9.46. The van der Waals surface area contributed by atoms with E-state index in [1.807, 2.05) is 4.90 Å². The molecule has 2 N–H and O–H groups in total. The first-order chi connectivity index (χ1) is 11.7. The Morgan fingerprint density at radius 1 is 1.24 bits per heavy atom. The molecule has 0 bridgehead atoms. The zero-order chi connectivity index (χ0) is 18.4. The lowest BCUT2D eigenvalue weighted by Crippen LogP contribution is -2.53. The molecule has 6 heteroatoms. The van der Waals surface area contributed by atoms with Crippen molar-refractivity contribution in [2.75, 3.05) is 13.1 Å². The van der Waals surface area contributed by atoms with Crippen molar-refractivity contribution in [2.24, 2.45) is 23.0 Å². The monoisotopic (exact) mass is 346 g/mol. The van der Waals surface area contributed by atoms with Gasteiger partial charge in [0.25, 0.3) is 0 Å². The normalized spacial score (nSPS) is 30.6. The Labute approximate surface area is 150 Å². The van der Waals surface area contributed by atoms with Crippen molar-refractivity contribution in [3.63, 3.8) is 0 Å². The number of nitrogens with zero attached hydrogens (tertiary/aromatic N) is 3. The van der Waals surface area contributed by atoms with Gasteiger partial charge in [0.05, 0.1) is 12.1 Å². The van der Waals surface area contributed by atoms with Gasteiger partial charge in [0.1, 0.15) is 6.04 Å². The van der Waals surface area contributed by atoms with Gasteiger partial charge in [-0.2, -0.15) is 5.26 Å². The van der Waals surface area contributed by atoms with Crippen molar-refractivity contribution in [1.82, 2.24) is 9.80 Å². The number of amides is 2. The maximum atomic E-state index is 12.8. The van der Waals surface area contributed by atoms with Gasteiger partial charge in [0, 0.05) is 25.6 Å². The molecular weight excluding hydrogens is 316 g/mol. The first kappa shape index (κ1) is 18.2. The van der Waals surface area contributed by atoms with Gasteiger partial charge in [-0.05, 0) is 42.9 Å². The molecule has 0 spiro atoms. The highest BCUT2D eigenvalue weighted by molar-refractivity contribution is 5.84. The van der Waals surface area contributed by atoms with Crippen molar-refractivity contribution in [2.45, 2.75) is 71.0 Å². The van der Waals surface area contributed by atoms with Crippen molar-refractivity contribution < 1.29 is 9.59 Å². The fourth-order valence-corrected chi connectivity index (χ4v) is 4.34. The maximum absolute atomic E-state index is 12.8. The predicted octanol–water partition coefficient (Wildman–Crippen LogP) is 1.50. The van der Waals surface area contributed by atoms with Crippen LogP contribution in [0.1, 0.15) is 52.9 Å². The maximum Gasteiger partial charge on any atom is 0.241 e. The van der Waals surface area contributed by atoms with Crippen LogP contribution in [0.4, 0.5) is 0 Å². The van der Waals surface area contributed by atoms with Crippen molar-refractivity contribution in [3.8, 4) is 6.07 Å². The van der Waals surface area contributed by atoms with Gasteiger partial charge in [-0.1, -0.05) is 20.8 Å². The highest BCUT2D eigenvalue weighted by Gasteiger charge is 2.55. The lowest BCUT2D eigenvalue weighted by Gasteiger charge is -2.37. The highest BCUT2D eigenvalue weighted by atomic mass is 16.2. The van der Waals surface area contributed by atoms with E-state index in [4.69, 9.17) is 5.73 Å². The summed E-state index contributed by atoms with van der Waals surface area (Å²) >= 11 is 0. The Hall–Kier alpha value is -1.61. The molecule has 1 aliphatic carbocycles. The molecule has 2 saturated heterocycles. The predicted molar refractivity (Wildman–Crippen MR) is 94.1 cm³/mol. The van der Waals surface area contributed by atoms with E-state index in [1.165, 1.54) is 0 Å². The van der Waals surface area contributed by atoms with Crippen LogP contribution in [0.15, 0.2) is 0 Å². The zero-order valence-electron chi connectivity index (χ0n) is 15.6. The number of nitriles is 1. The van der Waals surface area contributed by atoms with Crippen LogP contribution in [0.3, 0.4) is 0 Å². The Kier molecular flexibility index (Phi) is 4.80. The number of fused-ring (bicyclic) bond motifs is 1. The third-order valence-corrected chi connectivity index (χ3v) is 5.87. The summed E-state index contributed by atoms with van der Waals surface area (Å²) in [6, 6.07) is 1.66. The van der Waals surface area contributed by atoms with Gasteiger partial charge in [0.2, 0.25) is 11.8 Å². The molecule has 3 aliphatic rings. The molecule has 3 rings (SSSR count). The molecular formula is C19H30N4O2. The number of piperidine rings is 2. The number of hydrogen-bond acceptors (Lipinski definition) is 4. The van der Waals surface area contributed by atoms with Crippen LogP contribution in [-0.4, -0.2) is 52.8 Å². The van der Waals surface area contributed by atoms with Crippen LogP contribution >= 0.6 is 0 Å². The Bertz CT molecular complexity index is 583. The van der Waals surface area contributed by atoms with E-state index in [0.29, 0.717) is 25.4 Å². The summed E-state index contributed by atoms with van der Waals surface area (Å²) in [7, 11) is 0. The fourth-order valence-electron chi connectivity index (χ4n) is 4.34. The minimum atomic E-state index is -0.546. The van der Waals surface area contributed by atoms with Crippen molar-refractivity contribution in [1.29, 1.82) is 5.26 Å². The van der Waals surface area contributed by atoms with Crippen molar-refractivity contribution >= 4 is 11.8 Å². The van der Waals surface area contributed by atoms with Crippen molar-refractivity contribution in [3.05, 3.63) is 0 Å². The lowest BCUT2D eigenvalue weighted by molar-refractivity contribution is -0.136. The molecule has 0 radical (unpaired) electrons. The number of likely N-dealkylation sites (tertiary alicyclic amines) is 2. The van der Waals surface area contributed by atoms with Crippen LogP contribution < -0.4 is 5.73 Å². The van der Waals surface area contributed by atoms with Gasteiger partial charge in [-0.3, -0.25) is 9.59 Å². The minimum Gasteiger partial charge on any atom is -0.343 e. The topological polar surface area (TPSA) is 90.4 Å². The molecule has 2 heterocycles. The standard InChI is InChI=1S/C19H30N4O2/c1-19(2,3)10-16(24)22-6-4-12(5-7-22)17(21)18(25)23-14(11-20)8-13-9-15(13)23/h12-15,17H,4-10,21H2,1-3H3/t13-,14+,15+,17?/m1/s1. The molecule has 4 atom stereocenters. The highest BCUT2D eigenvalue weighted by Crippen LogP contribution is 2.48. The molecule has 1 saturated carbocycles. The molecule has 138 valence electrons. The average Bonchev–Trinajstić information content (AvgIpc) is 3.22. The molecule has 2 aliphatic heterocycles. The second-order valence-electron chi connectivity index (χ2n) is 9.17. The minimum absolute atomic E-state index is 0.0107. The summed E-state index contributed by atoms with van der Waals surface area (Å²) in [4.78, 5) is 28.8.